The lowest BCUT2D eigenvalue weighted by Gasteiger charge is -2.19. The molecule has 1 N–H and O–H groups in total. The molecular weight excluding hydrogens is 337 g/mol. The average Bonchev–Trinajstić information content (AvgIpc) is 2.95. The number of nitrogens with one attached hydrogen (secondary N) is 1. The Bertz CT molecular complexity index is 527. The van der Waals surface area contributed by atoms with E-state index in [1.807, 2.05) is 6.07 Å². The first-order valence-corrected chi connectivity index (χ1v) is 8.58. The predicted molar refractivity (Wildman–Crippen MR) is 87.8 cm³/mol. The van der Waals surface area contributed by atoms with Gasteiger partial charge in [-0.15, -0.1) is 11.3 Å². The summed E-state index contributed by atoms with van der Waals surface area (Å²) in [4.78, 5) is 1.35. The van der Waals surface area contributed by atoms with Gasteiger partial charge in [-0.05, 0) is 55.5 Å². The summed E-state index contributed by atoms with van der Waals surface area (Å²) in [6.45, 7) is 3.03. The summed E-state index contributed by atoms with van der Waals surface area (Å²) in [7, 11) is 0. The molecule has 0 aliphatic carbocycles. The third kappa shape index (κ3) is 4.40. The van der Waals surface area contributed by atoms with Gasteiger partial charge in [0.2, 0.25) is 0 Å². The molecule has 1 aromatic carbocycles. The van der Waals surface area contributed by atoms with Crippen LogP contribution in [0.3, 0.4) is 0 Å². The van der Waals surface area contributed by atoms with Crippen molar-refractivity contribution in [1.29, 1.82) is 0 Å². The Morgan fingerprint density at radius 2 is 2.20 bits per heavy atom. The average molecular weight is 356 g/mol. The predicted octanol–water partition coefficient (Wildman–Crippen LogP) is 5.32. The van der Waals surface area contributed by atoms with Gasteiger partial charge < -0.3 is 5.32 Å². The molecular formula is C16H19BrFNS. The van der Waals surface area contributed by atoms with E-state index in [2.05, 4.69) is 45.7 Å². The molecule has 108 valence electrons. The fourth-order valence-corrected chi connectivity index (χ4v) is 3.31. The lowest BCUT2D eigenvalue weighted by molar-refractivity contribution is 0.474. The van der Waals surface area contributed by atoms with E-state index < -0.39 is 0 Å². The number of hydrogen-bond acceptors (Lipinski definition) is 2. The minimum absolute atomic E-state index is 0.0644. The van der Waals surface area contributed by atoms with E-state index in [9.17, 15) is 4.39 Å². The van der Waals surface area contributed by atoms with Crippen LogP contribution in [0.25, 0.3) is 0 Å². The molecule has 1 heterocycles. The van der Waals surface area contributed by atoms with E-state index in [-0.39, 0.29) is 11.9 Å². The second kappa shape index (κ2) is 7.91. The third-order valence-corrected chi connectivity index (χ3v) is 4.66. The Morgan fingerprint density at radius 3 is 2.90 bits per heavy atom. The van der Waals surface area contributed by atoms with Crippen molar-refractivity contribution >= 4 is 27.3 Å². The van der Waals surface area contributed by atoms with Crippen molar-refractivity contribution in [1.82, 2.24) is 5.32 Å². The highest BCUT2D eigenvalue weighted by Gasteiger charge is 2.15. The van der Waals surface area contributed by atoms with Gasteiger partial charge in [-0.2, -0.15) is 0 Å². The lowest BCUT2D eigenvalue weighted by atomic mass is 10.0. The Labute approximate surface area is 132 Å². The standard InChI is InChI=1S/C16H19BrFNS/c1-2-9-19-16(8-6-13-4-3-10-20-13)14-11-12(17)5-7-15(14)18/h3-5,7,10-11,16,19H,2,6,8-9H2,1H3. The second-order valence-electron chi connectivity index (χ2n) is 4.79. The van der Waals surface area contributed by atoms with Crippen molar-refractivity contribution in [2.75, 3.05) is 6.54 Å². The summed E-state index contributed by atoms with van der Waals surface area (Å²) in [5, 5.41) is 5.55. The normalized spacial score (nSPS) is 12.6. The molecule has 2 aromatic rings. The van der Waals surface area contributed by atoms with Gasteiger partial charge in [0.1, 0.15) is 5.82 Å². The monoisotopic (exact) mass is 355 g/mol. The highest BCUT2D eigenvalue weighted by molar-refractivity contribution is 9.10. The molecule has 0 spiro atoms. The molecule has 0 amide bonds. The van der Waals surface area contributed by atoms with E-state index in [0.29, 0.717) is 0 Å². The molecule has 0 saturated carbocycles. The van der Waals surface area contributed by atoms with Crippen LogP contribution in [0.5, 0.6) is 0 Å². The lowest BCUT2D eigenvalue weighted by Crippen LogP contribution is -2.23. The van der Waals surface area contributed by atoms with Gasteiger partial charge in [0.15, 0.2) is 0 Å². The summed E-state index contributed by atoms with van der Waals surface area (Å²) >= 11 is 5.19. The first-order chi connectivity index (χ1) is 9.70. The number of rotatable bonds is 7. The molecule has 0 aliphatic heterocycles. The van der Waals surface area contributed by atoms with Gasteiger partial charge in [-0.25, -0.2) is 4.39 Å². The quantitative estimate of drug-likeness (QED) is 0.708. The number of hydrogen-bond donors (Lipinski definition) is 1. The Balaban J connectivity index is 2.11. The van der Waals surface area contributed by atoms with E-state index >= 15 is 0 Å². The van der Waals surface area contributed by atoms with Gasteiger partial charge >= 0.3 is 0 Å². The zero-order valence-electron chi connectivity index (χ0n) is 11.5. The van der Waals surface area contributed by atoms with Crippen LogP contribution >= 0.6 is 27.3 Å². The van der Waals surface area contributed by atoms with Crippen LogP contribution in [0.1, 0.15) is 36.2 Å². The van der Waals surface area contributed by atoms with Crippen molar-refractivity contribution in [3.63, 3.8) is 0 Å². The number of aryl methyl sites for hydroxylation is 1. The second-order valence-corrected chi connectivity index (χ2v) is 6.74. The van der Waals surface area contributed by atoms with Crippen molar-refractivity contribution in [3.05, 3.63) is 56.4 Å². The summed E-state index contributed by atoms with van der Waals surface area (Å²) in [6.07, 6.45) is 2.93. The topological polar surface area (TPSA) is 12.0 Å². The summed E-state index contributed by atoms with van der Waals surface area (Å²) in [6, 6.07) is 9.43. The molecule has 0 saturated heterocycles. The fourth-order valence-electron chi connectivity index (χ4n) is 2.21. The smallest absolute Gasteiger partial charge is 0.128 e. The molecule has 2 rings (SSSR count). The highest BCUT2D eigenvalue weighted by Crippen LogP contribution is 2.26. The van der Waals surface area contributed by atoms with Crippen LogP contribution in [-0.4, -0.2) is 6.54 Å². The van der Waals surface area contributed by atoms with Gasteiger partial charge in [0.05, 0.1) is 0 Å². The van der Waals surface area contributed by atoms with Gasteiger partial charge in [-0.3, -0.25) is 0 Å². The van der Waals surface area contributed by atoms with Gasteiger partial charge in [0, 0.05) is 21.0 Å². The van der Waals surface area contributed by atoms with Crippen LogP contribution in [0, 0.1) is 5.82 Å². The first kappa shape index (κ1) is 15.7. The van der Waals surface area contributed by atoms with E-state index in [0.717, 1.165) is 35.8 Å². The minimum atomic E-state index is -0.131. The number of halogens is 2. The molecule has 0 radical (unpaired) electrons. The summed E-state index contributed by atoms with van der Waals surface area (Å²) < 4.78 is 15.0. The maximum absolute atomic E-state index is 14.1. The minimum Gasteiger partial charge on any atom is -0.310 e. The molecule has 20 heavy (non-hydrogen) atoms. The molecule has 1 atom stereocenters. The molecule has 4 heteroatoms. The zero-order chi connectivity index (χ0) is 14.4. The number of benzene rings is 1. The maximum Gasteiger partial charge on any atom is 0.128 e. The van der Waals surface area contributed by atoms with Crippen LogP contribution in [0.4, 0.5) is 4.39 Å². The van der Waals surface area contributed by atoms with Crippen molar-refractivity contribution in [2.24, 2.45) is 0 Å². The molecule has 1 nitrogen and oxygen atoms in total. The Kier molecular flexibility index (Phi) is 6.20. The maximum atomic E-state index is 14.1. The summed E-state index contributed by atoms with van der Waals surface area (Å²) in [5.74, 6) is -0.131. The summed E-state index contributed by atoms with van der Waals surface area (Å²) in [5.41, 5.74) is 0.754. The molecule has 0 bridgehead atoms. The first-order valence-electron chi connectivity index (χ1n) is 6.91. The third-order valence-electron chi connectivity index (χ3n) is 3.23. The van der Waals surface area contributed by atoms with Crippen molar-refractivity contribution < 1.29 is 4.39 Å². The SMILES string of the molecule is CCCNC(CCc1cccs1)c1cc(Br)ccc1F. The van der Waals surface area contributed by atoms with Gasteiger partial charge in [-0.1, -0.05) is 28.9 Å². The van der Waals surface area contributed by atoms with E-state index in [1.54, 1.807) is 17.4 Å². The number of thiophene rings is 1. The van der Waals surface area contributed by atoms with Crippen LogP contribution in [0.2, 0.25) is 0 Å². The Morgan fingerprint density at radius 1 is 1.35 bits per heavy atom. The van der Waals surface area contributed by atoms with Gasteiger partial charge in [0.25, 0.3) is 0 Å². The molecule has 0 aliphatic rings. The highest BCUT2D eigenvalue weighted by atomic mass is 79.9. The molecule has 1 unspecified atom stereocenters. The van der Waals surface area contributed by atoms with Crippen molar-refractivity contribution in [2.45, 2.75) is 32.2 Å². The van der Waals surface area contributed by atoms with E-state index in [4.69, 9.17) is 0 Å². The van der Waals surface area contributed by atoms with Crippen LogP contribution in [-0.2, 0) is 6.42 Å². The zero-order valence-corrected chi connectivity index (χ0v) is 13.9. The fraction of sp³-hybridized carbons (Fsp3) is 0.375. The molecule has 1 aromatic heterocycles. The van der Waals surface area contributed by atoms with Crippen LogP contribution < -0.4 is 5.32 Å². The van der Waals surface area contributed by atoms with Crippen molar-refractivity contribution in [3.8, 4) is 0 Å². The van der Waals surface area contributed by atoms with Crippen LogP contribution in [0.15, 0.2) is 40.2 Å². The van der Waals surface area contributed by atoms with E-state index in [1.165, 1.54) is 10.9 Å². The Hall–Kier alpha value is -0.710. The largest absolute Gasteiger partial charge is 0.310 e. The molecule has 0 fully saturated rings.